The van der Waals surface area contributed by atoms with Crippen molar-refractivity contribution in [2.24, 2.45) is 17.8 Å². The fraction of sp³-hybridized carbons (Fsp3) is 0.200. The molecule has 0 N–H and O–H groups in total. The van der Waals surface area contributed by atoms with Gasteiger partial charge in [0.05, 0.1) is 11.4 Å². The Bertz CT molecular complexity index is 2530. The van der Waals surface area contributed by atoms with Gasteiger partial charge in [-0.1, -0.05) is 103 Å². The molecule has 0 saturated heterocycles. The molecule has 0 spiro atoms. The van der Waals surface area contributed by atoms with Crippen molar-refractivity contribution in [2.45, 2.75) is 43.9 Å². The number of benzene rings is 7. The molecule has 0 amide bonds. The van der Waals surface area contributed by atoms with Crippen LogP contribution in [0.4, 0.5) is 34.1 Å². The average molecular weight is 687 g/mol. The first kappa shape index (κ1) is 30.8. The van der Waals surface area contributed by atoms with Crippen LogP contribution in [0.5, 0.6) is 0 Å². The van der Waals surface area contributed by atoms with Crippen LogP contribution in [0.15, 0.2) is 168 Å². The van der Waals surface area contributed by atoms with Crippen LogP contribution >= 0.6 is 0 Å². The van der Waals surface area contributed by atoms with E-state index in [0.29, 0.717) is 5.41 Å². The summed E-state index contributed by atoms with van der Waals surface area (Å²) in [5.41, 5.74) is 10.2. The Morgan fingerprint density at radius 3 is 1.66 bits per heavy atom. The molecule has 0 radical (unpaired) electrons. The largest absolute Gasteiger partial charge is 0.454 e. The molecule has 8 aromatic rings. The van der Waals surface area contributed by atoms with Crippen LogP contribution in [0.1, 0.15) is 44.1 Å². The highest BCUT2D eigenvalue weighted by Gasteiger charge is 2.51. The molecule has 4 aliphatic rings. The maximum Gasteiger partial charge on any atom is 0.159 e. The molecule has 4 fully saturated rings. The molecular formula is C50H42N2O. The third-order valence-corrected chi connectivity index (χ3v) is 12.8. The molecule has 0 atom stereocenters. The molecule has 1 heterocycles. The van der Waals surface area contributed by atoms with Gasteiger partial charge in [-0.15, -0.1) is 0 Å². The highest BCUT2D eigenvalue weighted by molar-refractivity contribution is 6.13. The second-order valence-electron chi connectivity index (χ2n) is 16.0. The van der Waals surface area contributed by atoms with Crippen molar-refractivity contribution in [3.63, 3.8) is 0 Å². The number of rotatable bonds is 7. The summed E-state index contributed by atoms with van der Waals surface area (Å²) < 4.78 is 6.80. The zero-order valence-electron chi connectivity index (χ0n) is 29.9. The lowest BCUT2D eigenvalue weighted by Gasteiger charge is -2.57. The third-order valence-electron chi connectivity index (χ3n) is 12.8. The molecule has 1 aromatic heterocycles. The first-order valence-corrected chi connectivity index (χ1v) is 19.4. The van der Waals surface area contributed by atoms with Gasteiger partial charge in [-0.05, 0) is 133 Å². The van der Waals surface area contributed by atoms with Gasteiger partial charge >= 0.3 is 0 Å². The highest BCUT2D eigenvalue weighted by atomic mass is 16.3. The summed E-state index contributed by atoms with van der Waals surface area (Å²) in [6, 6.07) is 59.7. The van der Waals surface area contributed by atoms with Crippen LogP contribution < -0.4 is 9.80 Å². The Morgan fingerprint density at radius 1 is 0.434 bits per heavy atom. The van der Waals surface area contributed by atoms with Crippen LogP contribution in [-0.2, 0) is 5.41 Å². The molecule has 12 rings (SSSR count). The van der Waals surface area contributed by atoms with Crippen molar-refractivity contribution < 1.29 is 4.42 Å². The molecule has 4 bridgehead atoms. The van der Waals surface area contributed by atoms with Crippen LogP contribution in [0.2, 0.25) is 0 Å². The minimum Gasteiger partial charge on any atom is -0.454 e. The smallest absolute Gasteiger partial charge is 0.159 e. The Kier molecular flexibility index (Phi) is 7.05. The monoisotopic (exact) mass is 686 g/mol. The molecular weight excluding hydrogens is 645 g/mol. The van der Waals surface area contributed by atoms with E-state index in [1.54, 1.807) is 5.56 Å². The van der Waals surface area contributed by atoms with Gasteiger partial charge in [0.1, 0.15) is 5.58 Å². The summed E-state index contributed by atoms with van der Waals surface area (Å²) in [4.78, 5) is 4.82. The van der Waals surface area contributed by atoms with Crippen LogP contribution in [0, 0.1) is 17.8 Å². The number of hydrogen-bond acceptors (Lipinski definition) is 3. The predicted octanol–water partition coefficient (Wildman–Crippen LogP) is 14.1. The number of fused-ring (bicyclic) bond motifs is 4. The SMILES string of the molecule is c1ccc(N(c2ccccc2)c2cc(N(c3ccc(C45CC6CC(CC(C6)C4)C5)cc3)c3cccc4ccccc34)cc3c2oc2ccccc23)cc1. The van der Waals surface area contributed by atoms with E-state index < -0.39 is 0 Å². The maximum atomic E-state index is 6.80. The second kappa shape index (κ2) is 12.1. The summed E-state index contributed by atoms with van der Waals surface area (Å²) in [6.45, 7) is 0. The molecule has 3 nitrogen and oxygen atoms in total. The highest BCUT2D eigenvalue weighted by Crippen LogP contribution is 2.61. The Labute approximate surface area is 311 Å². The van der Waals surface area contributed by atoms with Crippen molar-refractivity contribution in [1.82, 2.24) is 0 Å². The molecule has 258 valence electrons. The topological polar surface area (TPSA) is 19.6 Å². The zero-order chi connectivity index (χ0) is 34.9. The molecule has 53 heavy (non-hydrogen) atoms. The minimum atomic E-state index is 0.352. The summed E-state index contributed by atoms with van der Waals surface area (Å²) in [7, 11) is 0. The van der Waals surface area contributed by atoms with Gasteiger partial charge in [-0.3, -0.25) is 0 Å². The molecule has 7 aromatic carbocycles. The van der Waals surface area contributed by atoms with E-state index in [4.69, 9.17) is 4.42 Å². The van der Waals surface area contributed by atoms with Gasteiger partial charge in [0.25, 0.3) is 0 Å². The normalized spacial score (nSPS) is 21.8. The Morgan fingerprint density at radius 2 is 0.981 bits per heavy atom. The average Bonchev–Trinajstić information content (AvgIpc) is 3.58. The first-order valence-electron chi connectivity index (χ1n) is 19.4. The summed E-state index contributed by atoms with van der Waals surface area (Å²) >= 11 is 0. The van der Waals surface area contributed by atoms with Gasteiger partial charge < -0.3 is 14.2 Å². The Hall–Kier alpha value is -5.80. The van der Waals surface area contributed by atoms with Gasteiger partial charge in [0, 0.05) is 38.9 Å². The zero-order valence-corrected chi connectivity index (χ0v) is 29.9. The van der Waals surface area contributed by atoms with Gasteiger partial charge in [-0.25, -0.2) is 0 Å². The van der Waals surface area contributed by atoms with Gasteiger partial charge in [0.15, 0.2) is 5.58 Å². The number of hydrogen-bond donors (Lipinski definition) is 0. The van der Waals surface area contributed by atoms with Crippen LogP contribution in [-0.4, -0.2) is 0 Å². The quantitative estimate of drug-likeness (QED) is 0.166. The number of anilines is 6. The van der Waals surface area contributed by atoms with E-state index >= 15 is 0 Å². The van der Waals surface area contributed by atoms with Gasteiger partial charge in [0.2, 0.25) is 0 Å². The fourth-order valence-corrected chi connectivity index (χ4v) is 10.9. The van der Waals surface area contributed by atoms with Crippen molar-refractivity contribution in [3.05, 3.63) is 169 Å². The van der Waals surface area contributed by atoms with Crippen molar-refractivity contribution >= 4 is 66.8 Å². The van der Waals surface area contributed by atoms with Crippen molar-refractivity contribution in [3.8, 4) is 0 Å². The summed E-state index contributed by atoms with van der Waals surface area (Å²) in [5, 5.41) is 4.66. The lowest BCUT2D eigenvalue weighted by atomic mass is 9.48. The lowest BCUT2D eigenvalue weighted by molar-refractivity contribution is -0.00518. The van der Waals surface area contributed by atoms with Crippen molar-refractivity contribution in [2.75, 3.05) is 9.80 Å². The minimum absolute atomic E-state index is 0.352. The van der Waals surface area contributed by atoms with E-state index in [1.165, 1.54) is 55.0 Å². The van der Waals surface area contributed by atoms with Crippen LogP contribution in [0.25, 0.3) is 32.7 Å². The number of nitrogens with zero attached hydrogens (tertiary/aromatic N) is 2. The second-order valence-corrected chi connectivity index (χ2v) is 16.0. The van der Waals surface area contributed by atoms with E-state index in [-0.39, 0.29) is 0 Å². The van der Waals surface area contributed by atoms with Crippen LogP contribution in [0.3, 0.4) is 0 Å². The molecule has 0 unspecified atom stereocenters. The van der Waals surface area contributed by atoms with E-state index in [9.17, 15) is 0 Å². The number of furan rings is 1. The first-order chi connectivity index (χ1) is 26.2. The lowest BCUT2D eigenvalue weighted by Crippen LogP contribution is -2.48. The number of para-hydroxylation sites is 3. The molecule has 3 heteroatoms. The maximum absolute atomic E-state index is 6.80. The van der Waals surface area contributed by atoms with Crippen molar-refractivity contribution in [1.29, 1.82) is 0 Å². The third kappa shape index (κ3) is 5.09. The van der Waals surface area contributed by atoms with E-state index in [0.717, 1.165) is 68.1 Å². The fourth-order valence-electron chi connectivity index (χ4n) is 10.9. The Balaban J connectivity index is 1.15. The molecule has 0 aliphatic heterocycles. The predicted molar refractivity (Wildman–Crippen MR) is 220 cm³/mol. The molecule has 4 saturated carbocycles. The van der Waals surface area contributed by atoms with E-state index in [2.05, 4.69) is 174 Å². The van der Waals surface area contributed by atoms with E-state index in [1.807, 2.05) is 0 Å². The summed E-state index contributed by atoms with van der Waals surface area (Å²) in [6.07, 6.45) is 8.49. The van der Waals surface area contributed by atoms with Gasteiger partial charge in [-0.2, -0.15) is 0 Å². The summed E-state index contributed by atoms with van der Waals surface area (Å²) in [5.74, 6) is 2.75. The standard InChI is InChI=1S/C50H42N2O/c1-3-14-39(15-4-1)51(40-16-5-2-6-17-40)47-30-42(29-45-44-19-9-10-21-48(44)53-49(45)47)52(46-20-11-13-37-12-7-8-18-43(37)46)41-24-22-38(23-25-41)50-31-34-26-35(32-50)28-36(27-34)33-50/h1-25,29-30,34-36H,26-28,31-33H2. The molecule has 4 aliphatic carbocycles.